The summed E-state index contributed by atoms with van der Waals surface area (Å²) in [5.74, 6) is 0. The number of hydrogen-bond donors (Lipinski definition) is 1. The highest BCUT2D eigenvalue weighted by atomic mass is 19.1. The molecule has 5 heteroatoms. The van der Waals surface area contributed by atoms with E-state index >= 15 is 0 Å². The molecule has 1 aliphatic heterocycles. The van der Waals surface area contributed by atoms with Gasteiger partial charge in [0.05, 0.1) is 12.6 Å². The van der Waals surface area contributed by atoms with Crippen molar-refractivity contribution in [2.24, 2.45) is 0 Å². The first-order valence-corrected chi connectivity index (χ1v) is 5.59. The van der Waals surface area contributed by atoms with Crippen molar-refractivity contribution in [3.63, 3.8) is 0 Å². The third-order valence-electron chi connectivity index (χ3n) is 2.39. The van der Waals surface area contributed by atoms with E-state index in [0.29, 0.717) is 19.4 Å². The van der Waals surface area contributed by atoms with Crippen LogP contribution < -0.4 is 0 Å². The number of hydrogen-bond acceptors (Lipinski definition) is 3. The summed E-state index contributed by atoms with van der Waals surface area (Å²) in [5, 5.41) is 9.34. The van der Waals surface area contributed by atoms with Crippen LogP contribution in [0.4, 0.5) is 9.18 Å². The number of ether oxygens (including phenoxy) is 1. The van der Waals surface area contributed by atoms with Crippen LogP contribution in [0.15, 0.2) is 0 Å². The van der Waals surface area contributed by atoms with E-state index in [1.807, 2.05) is 0 Å². The summed E-state index contributed by atoms with van der Waals surface area (Å²) in [6.07, 6.45) is -1.87. The number of aliphatic hydroxyl groups is 1. The zero-order valence-electron chi connectivity index (χ0n) is 10.1. The highest BCUT2D eigenvalue weighted by Crippen LogP contribution is 2.17. The van der Waals surface area contributed by atoms with Crippen LogP contribution in [0.25, 0.3) is 0 Å². The van der Waals surface area contributed by atoms with Gasteiger partial charge in [-0.1, -0.05) is 0 Å². The van der Waals surface area contributed by atoms with Gasteiger partial charge in [0.15, 0.2) is 0 Å². The average molecular weight is 233 g/mol. The summed E-state index contributed by atoms with van der Waals surface area (Å²) in [4.78, 5) is 13.0. The van der Waals surface area contributed by atoms with Gasteiger partial charge in [-0.3, -0.25) is 0 Å². The molecular weight excluding hydrogens is 213 g/mol. The Balaban J connectivity index is 2.56. The van der Waals surface area contributed by atoms with Gasteiger partial charge in [-0.2, -0.15) is 0 Å². The fraction of sp³-hybridized carbons (Fsp3) is 0.909. The van der Waals surface area contributed by atoms with Gasteiger partial charge < -0.3 is 14.7 Å². The number of aliphatic hydroxyl groups excluding tert-OH is 1. The second kappa shape index (κ2) is 4.99. The first-order valence-electron chi connectivity index (χ1n) is 5.59. The summed E-state index contributed by atoms with van der Waals surface area (Å²) < 4.78 is 18.5. The molecule has 16 heavy (non-hydrogen) atoms. The molecule has 0 spiro atoms. The molecular formula is C11H20FNO3. The normalized spacial score (nSPS) is 27.4. The van der Waals surface area contributed by atoms with Crippen molar-refractivity contribution in [3.8, 4) is 0 Å². The van der Waals surface area contributed by atoms with E-state index in [0.717, 1.165) is 0 Å². The van der Waals surface area contributed by atoms with E-state index in [-0.39, 0.29) is 6.54 Å². The van der Waals surface area contributed by atoms with E-state index in [1.165, 1.54) is 4.90 Å². The number of carbonyl (C=O) groups excluding carboxylic acids is 1. The Morgan fingerprint density at radius 3 is 2.69 bits per heavy atom. The Morgan fingerprint density at radius 1 is 1.50 bits per heavy atom. The third-order valence-corrected chi connectivity index (χ3v) is 2.39. The highest BCUT2D eigenvalue weighted by molar-refractivity contribution is 5.68. The molecule has 94 valence electrons. The van der Waals surface area contributed by atoms with Crippen LogP contribution >= 0.6 is 0 Å². The van der Waals surface area contributed by atoms with Gasteiger partial charge in [-0.25, -0.2) is 9.18 Å². The van der Waals surface area contributed by atoms with Crippen molar-refractivity contribution in [3.05, 3.63) is 0 Å². The molecule has 0 radical (unpaired) electrons. The van der Waals surface area contributed by atoms with Crippen LogP contribution in [0.2, 0.25) is 0 Å². The van der Waals surface area contributed by atoms with Crippen LogP contribution in [0, 0.1) is 0 Å². The lowest BCUT2D eigenvalue weighted by Crippen LogP contribution is -2.41. The van der Waals surface area contributed by atoms with Crippen LogP contribution in [0.3, 0.4) is 0 Å². The maximum Gasteiger partial charge on any atom is 0.410 e. The lowest BCUT2D eigenvalue weighted by atomic mass is 10.1. The predicted molar refractivity (Wildman–Crippen MR) is 57.9 cm³/mol. The van der Waals surface area contributed by atoms with Gasteiger partial charge in [0, 0.05) is 6.54 Å². The SMILES string of the molecule is CC(C)(C)OC(=O)N1CCCC(O)C(F)C1. The fourth-order valence-corrected chi connectivity index (χ4v) is 1.59. The molecule has 2 unspecified atom stereocenters. The maximum atomic E-state index is 13.4. The smallest absolute Gasteiger partial charge is 0.410 e. The first kappa shape index (κ1) is 13.2. The van der Waals surface area contributed by atoms with Crippen molar-refractivity contribution < 1.29 is 19.0 Å². The number of amides is 1. The molecule has 1 N–H and O–H groups in total. The minimum atomic E-state index is -1.38. The second-order valence-corrected chi connectivity index (χ2v) is 5.15. The molecule has 0 saturated carbocycles. The van der Waals surface area contributed by atoms with Crippen molar-refractivity contribution in [2.75, 3.05) is 13.1 Å². The molecule has 0 bridgehead atoms. The van der Waals surface area contributed by atoms with Gasteiger partial charge in [0.2, 0.25) is 0 Å². The Bertz CT molecular complexity index is 252. The Morgan fingerprint density at radius 2 is 2.12 bits per heavy atom. The second-order valence-electron chi connectivity index (χ2n) is 5.15. The Hall–Kier alpha value is -0.840. The van der Waals surface area contributed by atoms with Gasteiger partial charge in [0.1, 0.15) is 11.8 Å². The van der Waals surface area contributed by atoms with E-state index in [1.54, 1.807) is 20.8 Å². The van der Waals surface area contributed by atoms with Crippen molar-refractivity contribution >= 4 is 6.09 Å². The van der Waals surface area contributed by atoms with Gasteiger partial charge in [-0.05, 0) is 33.6 Å². The average Bonchev–Trinajstić information content (AvgIpc) is 2.27. The highest BCUT2D eigenvalue weighted by Gasteiger charge is 2.30. The zero-order valence-corrected chi connectivity index (χ0v) is 10.1. The summed E-state index contributed by atoms with van der Waals surface area (Å²) >= 11 is 0. The molecule has 0 aromatic carbocycles. The quantitative estimate of drug-likeness (QED) is 0.693. The lowest BCUT2D eigenvalue weighted by Gasteiger charge is -2.27. The molecule has 4 nitrogen and oxygen atoms in total. The van der Waals surface area contributed by atoms with Crippen molar-refractivity contribution in [1.29, 1.82) is 0 Å². The number of halogens is 1. The standard InChI is InChI=1S/C11H20FNO3/c1-11(2,3)16-10(15)13-6-4-5-9(14)8(12)7-13/h8-9,14H,4-7H2,1-3H3. The summed E-state index contributed by atoms with van der Waals surface area (Å²) in [5.41, 5.74) is -0.576. The number of likely N-dealkylation sites (tertiary alicyclic amines) is 1. The van der Waals surface area contributed by atoms with Gasteiger partial charge in [-0.15, -0.1) is 0 Å². The van der Waals surface area contributed by atoms with Crippen molar-refractivity contribution in [2.45, 2.75) is 51.5 Å². The monoisotopic (exact) mass is 233 g/mol. The molecule has 1 amide bonds. The number of rotatable bonds is 0. The first-order chi connectivity index (χ1) is 7.29. The molecule has 1 fully saturated rings. The molecule has 1 heterocycles. The van der Waals surface area contributed by atoms with E-state index in [2.05, 4.69) is 0 Å². The molecule has 0 aromatic rings. The van der Waals surface area contributed by atoms with E-state index in [9.17, 15) is 14.3 Å². The van der Waals surface area contributed by atoms with Crippen LogP contribution in [-0.2, 0) is 4.74 Å². The Labute approximate surface area is 95.4 Å². The van der Waals surface area contributed by atoms with Crippen LogP contribution in [0.5, 0.6) is 0 Å². The minimum absolute atomic E-state index is 0.0872. The maximum absolute atomic E-state index is 13.4. The Kier molecular flexibility index (Phi) is 4.13. The minimum Gasteiger partial charge on any atom is -0.444 e. The van der Waals surface area contributed by atoms with Gasteiger partial charge >= 0.3 is 6.09 Å². The van der Waals surface area contributed by atoms with Crippen molar-refractivity contribution in [1.82, 2.24) is 4.90 Å². The number of carbonyl (C=O) groups is 1. The molecule has 0 aromatic heterocycles. The zero-order chi connectivity index (χ0) is 12.3. The summed E-state index contributed by atoms with van der Waals surface area (Å²) in [6.45, 7) is 5.65. The van der Waals surface area contributed by atoms with E-state index in [4.69, 9.17) is 4.74 Å². The third kappa shape index (κ3) is 3.96. The molecule has 1 rings (SSSR count). The summed E-state index contributed by atoms with van der Waals surface area (Å²) in [6, 6.07) is 0. The van der Waals surface area contributed by atoms with Crippen LogP contribution in [-0.4, -0.2) is 47.1 Å². The largest absolute Gasteiger partial charge is 0.444 e. The molecule has 0 aliphatic carbocycles. The van der Waals surface area contributed by atoms with Gasteiger partial charge in [0.25, 0.3) is 0 Å². The summed E-state index contributed by atoms with van der Waals surface area (Å²) in [7, 11) is 0. The molecule has 1 saturated heterocycles. The molecule has 1 aliphatic rings. The van der Waals surface area contributed by atoms with Crippen LogP contribution in [0.1, 0.15) is 33.6 Å². The topological polar surface area (TPSA) is 49.8 Å². The lowest BCUT2D eigenvalue weighted by molar-refractivity contribution is 0.0161. The molecule has 2 atom stereocenters. The predicted octanol–water partition coefficient (Wildman–Crippen LogP) is 1.72. The van der Waals surface area contributed by atoms with E-state index < -0.39 is 24.0 Å². The number of alkyl halides is 1. The number of nitrogens with zero attached hydrogens (tertiary/aromatic N) is 1. The fourth-order valence-electron chi connectivity index (χ4n) is 1.59.